The first-order valence-electron chi connectivity index (χ1n) is 9.69. The number of amides is 1. The SMILES string of the molecule is CCOC(=O)N1CCC(Nc2nncc(Nc3c(C)cc(C)cc3C)n2)CC1. The Balaban J connectivity index is 1.61. The van der Waals surface area contributed by atoms with E-state index >= 15 is 0 Å². The average Bonchev–Trinajstić information content (AvgIpc) is 2.66. The number of carbonyl (C=O) groups is 1. The summed E-state index contributed by atoms with van der Waals surface area (Å²) in [5.41, 5.74) is 4.60. The first kappa shape index (κ1) is 19.9. The molecule has 1 aliphatic heterocycles. The van der Waals surface area contributed by atoms with E-state index in [9.17, 15) is 4.79 Å². The minimum absolute atomic E-state index is 0.200. The van der Waals surface area contributed by atoms with E-state index in [2.05, 4.69) is 58.7 Å². The van der Waals surface area contributed by atoms with Gasteiger partial charge in [0.25, 0.3) is 0 Å². The summed E-state index contributed by atoms with van der Waals surface area (Å²) in [5.74, 6) is 1.14. The first-order valence-corrected chi connectivity index (χ1v) is 9.69. The molecule has 8 nitrogen and oxygen atoms in total. The molecule has 2 aromatic rings. The Labute approximate surface area is 165 Å². The van der Waals surface area contributed by atoms with Crippen LogP contribution in [-0.4, -0.2) is 51.9 Å². The maximum Gasteiger partial charge on any atom is 0.409 e. The molecule has 150 valence electrons. The van der Waals surface area contributed by atoms with Crippen molar-refractivity contribution in [2.24, 2.45) is 0 Å². The fourth-order valence-electron chi connectivity index (χ4n) is 3.53. The third-order valence-corrected chi connectivity index (χ3v) is 4.84. The monoisotopic (exact) mass is 384 g/mol. The van der Waals surface area contributed by atoms with Crippen molar-refractivity contribution >= 4 is 23.5 Å². The highest BCUT2D eigenvalue weighted by Gasteiger charge is 2.24. The zero-order valence-electron chi connectivity index (χ0n) is 17.0. The predicted octanol–water partition coefficient (Wildman–Crippen LogP) is 3.57. The smallest absolute Gasteiger partial charge is 0.409 e. The van der Waals surface area contributed by atoms with E-state index in [4.69, 9.17) is 4.74 Å². The van der Waals surface area contributed by atoms with Gasteiger partial charge in [-0.25, -0.2) is 4.79 Å². The predicted molar refractivity (Wildman–Crippen MR) is 109 cm³/mol. The number of ether oxygens (including phenoxy) is 1. The van der Waals surface area contributed by atoms with Crippen LogP contribution in [0.15, 0.2) is 18.3 Å². The Kier molecular flexibility index (Phi) is 6.28. The molecule has 0 bridgehead atoms. The van der Waals surface area contributed by atoms with Gasteiger partial charge < -0.3 is 20.3 Å². The van der Waals surface area contributed by atoms with Gasteiger partial charge in [0, 0.05) is 24.8 Å². The van der Waals surface area contributed by atoms with Gasteiger partial charge in [-0.3, -0.25) is 0 Å². The molecule has 3 rings (SSSR count). The van der Waals surface area contributed by atoms with Crippen LogP contribution in [0.25, 0.3) is 0 Å². The van der Waals surface area contributed by atoms with Crippen LogP contribution in [0.2, 0.25) is 0 Å². The van der Waals surface area contributed by atoms with Gasteiger partial charge in [-0.15, -0.1) is 5.10 Å². The first-order chi connectivity index (χ1) is 13.5. The molecule has 2 N–H and O–H groups in total. The maximum absolute atomic E-state index is 11.8. The Bertz CT molecular complexity index is 810. The van der Waals surface area contributed by atoms with E-state index in [-0.39, 0.29) is 12.1 Å². The van der Waals surface area contributed by atoms with Gasteiger partial charge in [-0.2, -0.15) is 10.1 Å². The molecule has 0 radical (unpaired) electrons. The quantitative estimate of drug-likeness (QED) is 0.814. The summed E-state index contributed by atoms with van der Waals surface area (Å²) in [6, 6.07) is 4.48. The number of anilines is 3. The number of rotatable bonds is 5. The molecule has 1 aromatic heterocycles. The zero-order chi connectivity index (χ0) is 20.1. The van der Waals surface area contributed by atoms with Crippen LogP contribution < -0.4 is 10.6 Å². The van der Waals surface area contributed by atoms with E-state index in [0.717, 1.165) is 29.7 Å². The maximum atomic E-state index is 11.8. The van der Waals surface area contributed by atoms with Gasteiger partial charge in [0.2, 0.25) is 5.95 Å². The Morgan fingerprint density at radius 3 is 2.54 bits per heavy atom. The van der Waals surface area contributed by atoms with E-state index in [1.54, 1.807) is 11.1 Å². The number of benzene rings is 1. The second kappa shape index (κ2) is 8.86. The lowest BCUT2D eigenvalue weighted by atomic mass is 10.1. The molecule has 2 heterocycles. The summed E-state index contributed by atoms with van der Waals surface area (Å²) < 4.78 is 5.06. The molecule has 8 heteroatoms. The van der Waals surface area contributed by atoms with Gasteiger partial charge in [-0.1, -0.05) is 17.7 Å². The molecular formula is C20H28N6O2. The Morgan fingerprint density at radius 1 is 1.21 bits per heavy atom. The van der Waals surface area contributed by atoms with Crippen molar-refractivity contribution in [3.63, 3.8) is 0 Å². The average molecular weight is 384 g/mol. The number of aryl methyl sites for hydroxylation is 3. The summed E-state index contributed by atoms with van der Waals surface area (Å²) in [7, 11) is 0. The fourth-order valence-corrected chi connectivity index (χ4v) is 3.53. The van der Waals surface area contributed by atoms with Crippen LogP contribution >= 0.6 is 0 Å². The van der Waals surface area contributed by atoms with Gasteiger partial charge in [-0.05, 0) is 51.7 Å². The molecule has 0 aliphatic carbocycles. The molecule has 0 unspecified atom stereocenters. The van der Waals surface area contributed by atoms with Gasteiger partial charge in [0.15, 0.2) is 5.82 Å². The summed E-state index contributed by atoms with van der Waals surface area (Å²) in [4.78, 5) is 18.1. The minimum atomic E-state index is -0.242. The van der Waals surface area contributed by atoms with Crippen molar-refractivity contribution in [3.05, 3.63) is 35.0 Å². The highest BCUT2D eigenvalue weighted by Crippen LogP contribution is 2.25. The van der Waals surface area contributed by atoms with Crippen molar-refractivity contribution in [2.45, 2.75) is 46.6 Å². The molecule has 0 saturated carbocycles. The number of hydrogen-bond acceptors (Lipinski definition) is 7. The summed E-state index contributed by atoms with van der Waals surface area (Å²) in [6.45, 7) is 9.77. The van der Waals surface area contributed by atoms with Crippen molar-refractivity contribution in [1.29, 1.82) is 0 Å². The molecule has 0 spiro atoms. The van der Waals surface area contributed by atoms with Crippen LogP contribution in [0.3, 0.4) is 0 Å². The van der Waals surface area contributed by atoms with E-state index in [0.29, 0.717) is 31.5 Å². The number of likely N-dealkylation sites (tertiary alicyclic amines) is 1. The molecule has 1 fully saturated rings. The molecule has 1 aliphatic rings. The second-order valence-electron chi connectivity index (χ2n) is 7.17. The number of nitrogens with one attached hydrogen (secondary N) is 2. The summed E-state index contributed by atoms with van der Waals surface area (Å²) in [5, 5.41) is 14.9. The summed E-state index contributed by atoms with van der Waals surface area (Å²) in [6.07, 6.45) is 3.01. The molecule has 1 amide bonds. The zero-order valence-corrected chi connectivity index (χ0v) is 17.0. The minimum Gasteiger partial charge on any atom is -0.450 e. The normalized spacial score (nSPS) is 14.6. The van der Waals surface area contributed by atoms with Crippen LogP contribution in [0.5, 0.6) is 0 Å². The van der Waals surface area contributed by atoms with Crippen molar-refractivity contribution in [2.75, 3.05) is 30.3 Å². The lowest BCUT2D eigenvalue weighted by molar-refractivity contribution is 0.0983. The van der Waals surface area contributed by atoms with Gasteiger partial charge >= 0.3 is 6.09 Å². The van der Waals surface area contributed by atoms with Crippen LogP contribution in [0.1, 0.15) is 36.5 Å². The standard InChI is InChI=1S/C20H28N6O2/c1-5-28-20(27)26-8-6-16(7-9-26)22-19-24-17(12-21-25-19)23-18-14(3)10-13(2)11-15(18)4/h10-12,16H,5-9H2,1-4H3,(H2,22,23,24,25). The molecule has 0 atom stereocenters. The molecule has 1 aromatic carbocycles. The molecular weight excluding hydrogens is 356 g/mol. The Morgan fingerprint density at radius 2 is 1.89 bits per heavy atom. The highest BCUT2D eigenvalue weighted by atomic mass is 16.6. The number of carbonyl (C=O) groups excluding carboxylic acids is 1. The third-order valence-electron chi connectivity index (χ3n) is 4.84. The lowest BCUT2D eigenvalue weighted by Gasteiger charge is -2.31. The number of hydrogen-bond donors (Lipinski definition) is 2. The van der Waals surface area contributed by atoms with Crippen LogP contribution in [0, 0.1) is 20.8 Å². The number of piperidine rings is 1. The number of aromatic nitrogens is 3. The largest absolute Gasteiger partial charge is 0.450 e. The lowest BCUT2D eigenvalue weighted by Crippen LogP contribution is -2.42. The van der Waals surface area contributed by atoms with Gasteiger partial charge in [0.05, 0.1) is 12.8 Å². The van der Waals surface area contributed by atoms with Crippen LogP contribution in [0.4, 0.5) is 22.2 Å². The van der Waals surface area contributed by atoms with E-state index in [1.165, 1.54) is 5.56 Å². The van der Waals surface area contributed by atoms with Gasteiger partial charge in [0.1, 0.15) is 0 Å². The highest BCUT2D eigenvalue weighted by molar-refractivity contribution is 5.67. The molecule has 28 heavy (non-hydrogen) atoms. The van der Waals surface area contributed by atoms with E-state index < -0.39 is 0 Å². The summed E-state index contributed by atoms with van der Waals surface area (Å²) >= 11 is 0. The third kappa shape index (κ3) is 4.88. The van der Waals surface area contributed by atoms with E-state index in [1.807, 2.05) is 6.92 Å². The topological polar surface area (TPSA) is 92.3 Å². The fraction of sp³-hybridized carbons (Fsp3) is 0.500. The second-order valence-corrected chi connectivity index (χ2v) is 7.17. The van der Waals surface area contributed by atoms with Crippen LogP contribution in [-0.2, 0) is 4.74 Å². The number of nitrogens with zero attached hydrogens (tertiary/aromatic N) is 4. The molecule has 1 saturated heterocycles. The van der Waals surface area contributed by atoms with Crippen molar-refractivity contribution < 1.29 is 9.53 Å². The Hall–Kier alpha value is -2.90. The van der Waals surface area contributed by atoms with Crippen molar-refractivity contribution in [3.8, 4) is 0 Å². The van der Waals surface area contributed by atoms with Crippen molar-refractivity contribution in [1.82, 2.24) is 20.1 Å².